The van der Waals surface area contributed by atoms with Crippen LogP contribution in [0.5, 0.6) is 0 Å². The van der Waals surface area contributed by atoms with Crippen molar-refractivity contribution in [3.8, 4) is 22.3 Å². The van der Waals surface area contributed by atoms with Gasteiger partial charge in [0.05, 0.1) is 12.7 Å². The van der Waals surface area contributed by atoms with E-state index in [1.54, 1.807) is 24.8 Å². The third-order valence-electron chi connectivity index (χ3n) is 3.39. The van der Waals surface area contributed by atoms with Gasteiger partial charge in [0, 0.05) is 35.9 Å². The van der Waals surface area contributed by atoms with Crippen LogP contribution in [-0.2, 0) is 4.74 Å². The first-order valence-corrected chi connectivity index (χ1v) is 6.83. The summed E-state index contributed by atoms with van der Waals surface area (Å²) in [4.78, 5) is 20.3. The zero-order chi connectivity index (χ0) is 15.4. The maximum absolute atomic E-state index is 12.1. The molecular weight excluding hydrogens is 276 g/mol. The van der Waals surface area contributed by atoms with Gasteiger partial charge in [-0.05, 0) is 29.3 Å². The number of ether oxygens (including phenoxy) is 1. The summed E-state index contributed by atoms with van der Waals surface area (Å²) in [7, 11) is 1.38. The topological polar surface area (TPSA) is 52.1 Å². The molecule has 0 unspecified atom stereocenters. The lowest BCUT2D eigenvalue weighted by Gasteiger charge is -2.10. The smallest absolute Gasteiger partial charge is 0.338 e. The van der Waals surface area contributed by atoms with Gasteiger partial charge in [-0.3, -0.25) is 9.97 Å². The highest BCUT2D eigenvalue weighted by molar-refractivity contribution is 5.98. The quantitative estimate of drug-likeness (QED) is 0.692. The third-order valence-corrected chi connectivity index (χ3v) is 3.39. The van der Waals surface area contributed by atoms with E-state index in [1.165, 1.54) is 7.11 Å². The monoisotopic (exact) mass is 290 g/mol. The van der Waals surface area contributed by atoms with Crippen LogP contribution in [0.25, 0.3) is 22.3 Å². The van der Waals surface area contributed by atoms with Crippen LogP contribution in [0.4, 0.5) is 0 Å². The van der Waals surface area contributed by atoms with Crippen molar-refractivity contribution in [2.45, 2.75) is 0 Å². The number of carbonyl (C=O) groups excluding carboxylic acids is 1. The van der Waals surface area contributed by atoms with Gasteiger partial charge in [-0.15, -0.1) is 0 Å². The van der Waals surface area contributed by atoms with Crippen molar-refractivity contribution in [2.24, 2.45) is 0 Å². The summed E-state index contributed by atoms with van der Waals surface area (Å²) in [5.74, 6) is -0.371. The van der Waals surface area contributed by atoms with Crippen LogP contribution in [0.2, 0.25) is 0 Å². The standard InChI is InChI=1S/C18H14N2O2/c1-22-18(21)17-10-13(14-4-2-8-19-11-14)6-7-16(17)15-5-3-9-20-12-15/h2-12H,1H3. The number of carbonyl (C=O) groups is 1. The second-order valence-electron chi connectivity index (χ2n) is 4.74. The molecule has 0 atom stereocenters. The SMILES string of the molecule is COC(=O)c1cc(-c2cccnc2)ccc1-c1cccnc1. The van der Waals surface area contributed by atoms with Crippen LogP contribution in [-0.4, -0.2) is 23.0 Å². The highest BCUT2D eigenvalue weighted by Crippen LogP contribution is 2.28. The molecule has 3 rings (SSSR count). The Morgan fingerprint density at radius 2 is 1.59 bits per heavy atom. The molecule has 0 saturated heterocycles. The zero-order valence-electron chi connectivity index (χ0n) is 12.1. The summed E-state index contributed by atoms with van der Waals surface area (Å²) in [6.45, 7) is 0. The van der Waals surface area contributed by atoms with Gasteiger partial charge >= 0.3 is 5.97 Å². The van der Waals surface area contributed by atoms with Gasteiger partial charge < -0.3 is 4.74 Å². The van der Waals surface area contributed by atoms with Crippen molar-refractivity contribution in [1.82, 2.24) is 9.97 Å². The van der Waals surface area contributed by atoms with E-state index in [0.717, 1.165) is 22.3 Å². The number of esters is 1. The summed E-state index contributed by atoms with van der Waals surface area (Å²) >= 11 is 0. The number of hydrogen-bond acceptors (Lipinski definition) is 4. The molecule has 0 amide bonds. The van der Waals surface area contributed by atoms with E-state index in [4.69, 9.17) is 4.74 Å². The maximum Gasteiger partial charge on any atom is 0.338 e. The molecule has 0 radical (unpaired) electrons. The first-order chi connectivity index (χ1) is 10.8. The summed E-state index contributed by atoms with van der Waals surface area (Å²) in [5.41, 5.74) is 4.05. The van der Waals surface area contributed by atoms with E-state index < -0.39 is 0 Å². The lowest BCUT2D eigenvalue weighted by Crippen LogP contribution is -2.04. The minimum Gasteiger partial charge on any atom is -0.465 e. The number of pyridine rings is 2. The molecule has 2 aromatic heterocycles. The second kappa shape index (κ2) is 6.18. The number of aromatic nitrogens is 2. The minimum atomic E-state index is -0.371. The molecule has 0 bridgehead atoms. The molecule has 4 heteroatoms. The Morgan fingerprint density at radius 1 is 0.909 bits per heavy atom. The highest BCUT2D eigenvalue weighted by Gasteiger charge is 2.15. The Labute approximate surface area is 128 Å². The van der Waals surface area contributed by atoms with Crippen molar-refractivity contribution >= 4 is 5.97 Å². The molecule has 3 aromatic rings. The Kier molecular flexibility index (Phi) is 3.92. The van der Waals surface area contributed by atoms with E-state index in [1.807, 2.05) is 42.5 Å². The van der Waals surface area contributed by atoms with Crippen molar-refractivity contribution in [3.05, 3.63) is 72.8 Å². The largest absolute Gasteiger partial charge is 0.465 e. The fourth-order valence-electron chi connectivity index (χ4n) is 2.31. The van der Waals surface area contributed by atoms with Crippen LogP contribution in [0.15, 0.2) is 67.3 Å². The summed E-state index contributed by atoms with van der Waals surface area (Å²) in [6, 6.07) is 13.3. The normalized spacial score (nSPS) is 10.2. The van der Waals surface area contributed by atoms with E-state index in [-0.39, 0.29) is 5.97 Å². The van der Waals surface area contributed by atoms with Gasteiger partial charge in [-0.1, -0.05) is 24.3 Å². The predicted octanol–water partition coefficient (Wildman–Crippen LogP) is 3.60. The molecule has 1 aromatic carbocycles. The van der Waals surface area contributed by atoms with Crippen LogP contribution < -0.4 is 0 Å². The Bertz CT molecular complexity index is 787. The lowest BCUT2D eigenvalue weighted by atomic mass is 9.96. The van der Waals surface area contributed by atoms with E-state index in [9.17, 15) is 4.79 Å². The second-order valence-corrected chi connectivity index (χ2v) is 4.74. The fourth-order valence-corrected chi connectivity index (χ4v) is 2.31. The average Bonchev–Trinajstić information content (AvgIpc) is 2.62. The zero-order valence-corrected chi connectivity index (χ0v) is 12.1. The number of hydrogen-bond donors (Lipinski definition) is 0. The Morgan fingerprint density at radius 3 is 2.18 bits per heavy atom. The van der Waals surface area contributed by atoms with Gasteiger partial charge in [-0.2, -0.15) is 0 Å². The van der Waals surface area contributed by atoms with Gasteiger partial charge in [-0.25, -0.2) is 4.79 Å². The van der Waals surface area contributed by atoms with Crippen LogP contribution in [0, 0.1) is 0 Å². The fraction of sp³-hybridized carbons (Fsp3) is 0.0556. The summed E-state index contributed by atoms with van der Waals surface area (Å²) in [6.07, 6.45) is 6.91. The number of rotatable bonds is 3. The Hall–Kier alpha value is -3.01. The number of benzene rings is 1. The van der Waals surface area contributed by atoms with Crippen molar-refractivity contribution in [2.75, 3.05) is 7.11 Å². The molecule has 4 nitrogen and oxygen atoms in total. The summed E-state index contributed by atoms with van der Waals surface area (Å²) < 4.78 is 4.91. The van der Waals surface area contributed by atoms with Gasteiger partial charge in [0.2, 0.25) is 0 Å². The molecule has 2 heterocycles. The van der Waals surface area contributed by atoms with Gasteiger partial charge in [0.25, 0.3) is 0 Å². The molecule has 22 heavy (non-hydrogen) atoms. The third kappa shape index (κ3) is 2.72. The molecule has 0 saturated carbocycles. The van der Waals surface area contributed by atoms with Crippen molar-refractivity contribution in [3.63, 3.8) is 0 Å². The van der Waals surface area contributed by atoms with Crippen LogP contribution in [0.3, 0.4) is 0 Å². The number of methoxy groups -OCH3 is 1. The molecular formula is C18H14N2O2. The number of nitrogens with zero attached hydrogens (tertiary/aromatic N) is 2. The molecule has 0 fully saturated rings. The van der Waals surface area contributed by atoms with E-state index >= 15 is 0 Å². The van der Waals surface area contributed by atoms with E-state index in [0.29, 0.717) is 5.56 Å². The highest BCUT2D eigenvalue weighted by atomic mass is 16.5. The molecule has 0 N–H and O–H groups in total. The van der Waals surface area contributed by atoms with Crippen molar-refractivity contribution in [1.29, 1.82) is 0 Å². The first-order valence-electron chi connectivity index (χ1n) is 6.83. The van der Waals surface area contributed by atoms with E-state index in [2.05, 4.69) is 9.97 Å². The maximum atomic E-state index is 12.1. The Balaban J connectivity index is 2.14. The molecule has 0 aliphatic carbocycles. The van der Waals surface area contributed by atoms with Crippen molar-refractivity contribution < 1.29 is 9.53 Å². The average molecular weight is 290 g/mol. The molecule has 108 valence electrons. The first kappa shape index (κ1) is 13.9. The lowest BCUT2D eigenvalue weighted by molar-refractivity contribution is 0.0601. The molecule has 0 spiro atoms. The predicted molar refractivity (Wildman–Crippen MR) is 84.2 cm³/mol. The molecule has 0 aliphatic heterocycles. The van der Waals surface area contributed by atoms with Crippen LogP contribution in [0.1, 0.15) is 10.4 Å². The minimum absolute atomic E-state index is 0.371. The van der Waals surface area contributed by atoms with Gasteiger partial charge in [0.15, 0.2) is 0 Å². The van der Waals surface area contributed by atoms with Crippen LogP contribution >= 0.6 is 0 Å². The summed E-state index contributed by atoms with van der Waals surface area (Å²) in [5, 5.41) is 0. The molecule has 0 aliphatic rings. The van der Waals surface area contributed by atoms with Gasteiger partial charge in [0.1, 0.15) is 0 Å².